The van der Waals surface area contributed by atoms with Gasteiger partial charge >= 0.3 is 0 Å². The van der Waals surface area contributed by atoms with Gasteiger partial charge in [-0.25, -0.2) is 0 Å². The molecule has 2 heteroatoms. The highest BCUT2D eigenvalue weighted by Crippen LogP contribution is 2.32. The van der Waals surface area contributed by atoms with Gasteiger partial charge in [-0.2, -0.15) is 0 Å². The molecule has 0 bridgehead atoms. The molecular formula is C12H24O2. The smallest absolute Gasteiger partial charge is 0.0913 e. The first kappa shape index (κ1) is 12.0. The van der Waals surface area contributed by atoms with Crippen LogP contribution in [-0.4, -0.2) is 23.4 Å². The first-order chi connectivity index (χ1) is 6.58. The summed E-state index contributed by atoms with van der Waals surface area (Å²) in [5, 5.41) is 10.1. The lowest BCUT2D eigenvalue weighted by atomic mass is 9.87. The largest absolute Gasteiger partial charge is 0.390 e. The van der Waals surface area contributed by atoms with E-state index in [-0.39, 0.29) is 11.7 Å². The van der Waals surface area contributed by atoms with E-state index < -0.39 is 0 Å². The van der Waals surface area contributed by atoms with Gasteiger partial charge < -0.3 is 9.84 Å². The maximum Gasteiger partial charge on any atom is 0.0913 e. The Morgan fingerprint density at radius 1 is 1.50 bits per heavy atom. The maximum absolute atomic E-state index is 10.1. The van der Waals surface area contributed by atoms with E-state index in [0.29, 0.717) is 5.92 Å². The average molecular weight is 200 g/mol. The molecule has 1 fully saturated rings. The van der Waals surface area contributed by atoms with Crippen molar-refractivity contribution in [1.29, 1.82) is 0 Å². The lowest BCUT2D eigenvalue weighted by Crippen LogP contribution is -2.39. The van der Waals surface area contributed by atoms with E-state index >= 15 is 0 Å². The van der Waals surface area contributed by atoms with Crippen LogP contribution in [0.2, 0.25) is 0 Å². The second kappa shape index (κ2) is 5.13. The fourth-order valence-electron chi connectivity index (χ4n) is 2.30. The molecule has 2 nitrogen and oxygen atoms in total. The molecule has 0 radical (unpaired) electrons. The van der Waals surface area contributed by atoms with E-state index in [4.69, 9.17) is 4.74 Å². The lowest BCUT2D eigenvalue weighted by Gasteiger charge is -2.31. The van der Waals surface area contributed by atoms with Gasteiger partial charge in [0, 0.05) is 6.61 Å². The highest BCUT2D eigenvalue weighted by atomic mass is 16.5. The van der Waals surface area contributed by atoms with Crippen LogP contribution in [-0.2, 0) is 4.74 Å². The SMILES string of the molecule is CCCC(C)CC(O)C1(C)CCCO1. The van der Waals surface area contributed by atoms with Gasteiger partial charge in [-0.1, -0.05) is 26.7 Å². The predicted octanol–water partition coefficient (Wildman–Crippen LogP) is 2.74. The van der Waals surface area contributed by atoms with Crippen LogP contribution in [0.5, 0.6) is 0 Å². The zero-order valence-corrected chi connectivity index (χ0v) is 9.75. The molecule has 14 heavy (non-hydrogen) atoms. The third kappa shape index (κ3) is 2.96. The lowest BCUT2D eigenvalue weighted by molar-refractivity contribution is -0.0853. The van der Waals surface area contributed by atoms with Crippen molar-refractivity contribution >= 4 is 0 Å². The van der Waals surface area contributed by atoms with Crippen molar-refractivity contribution in [3.05, 3.63) is 0 Å². The number of ether oxygens (including phenoxy) is 1. The Morgan fingerprint density at radius 3 is 2.71 bits per heavy atom. The molecule has 84 valence electrons. The Bertz CT molecular complexity index is 162. The molecule has 1 aliphatic heterocycles. The van der Waals surface area contributed by atoms with Gasteiger partial charge in [0.25, 0.3) is 0 Å². The summed E-state index contributed by atoms with van der Waals surface area (Å²) in [5.74, 6) is 0.607. The molecule has 0 aromatic heterocycles. The summed E-state index contributed by atoms with van der Waals surface area (Å²) in [6.07, 6.45) is 5.10. The minimum Gasteiger partial charge on any atom is -0.390 e. The minimum atomic E-state index is -0.286. The summed E-state index contributed by atoms with van der Waals surface area (Å²) in [6, 6.07) is 0. The molecule has 0 aliphatic carbocycles. The summed E-state index contributed by atoms with van der Waals surface area (Å²) < 4.78 is 5.63. The van der Waals surface area contributed by atoms with Gasteiger partial charge in [0.15, 0.2) is 0 Å². The van der Waals surface area contributed by atoms with Crippen LogP contribution in [0.1, 0.15) is 52.9 Å². The first-order valence-electron chi connectivity index (χ1n) is 5.90. The third-order valence-corrected chi connectivity index (χ3v) is 3.36. The fraction of sp³-hybridized carbons (Fsp3) is 1.00. The molecular weight excluding hydrogens is 176 g/mol. The summed E-state index contributed by atoms with van der Waals surface area (Å²) in [4.78, 5) is 0. The zero-order valence-electron chi connectivity index (χ0n) is 9.75. The summed E-state index contributed by atoms with van der Waals surface area (Å²) in [6.45, 7) is 7.26. The van der Waals surface area contributed by atoms with E-state index in [0.717, 1.165) is 25.9 Å². The van der Waals surface area contributed by atoms with Crippen molar-refractivity contribution in [3.63, 3.8) is 0 Å². The molecule has 0 spiro atoms. The Hall–Kier alpha value is -0.0800. The highest BCUT2D eigenvalue weighted by molar-refractivity contribution is 4.88. The molecule has 3 atom stereocenters. The molecule has 1 saturated heterocycles. The molecule has 1 rings (SSSR count). The van der Waals surface area contributed by atoms with E-state index in [9.17, 15) is 5.11 Å². The van der Waals surface area contributed by atoms with Crippen LogP contribution in [0.3, 0.4) is 0 Å². The Labute approximate surface area is 87.7 Å². The van der Waals surface area contributed by atoms with Crippen molar-refractivity contribution in [2.45, 2.75) is 64.6 Å². The standard InChI is InChI=1S/C12H24O2/c1-4-6-10(2)9-11(13)12(3)7-5-8-14-12/h10-11,13H,4-9H2,1-3H3. The normalized spacial score (nSPS) is 31.7. The molecule has 1 heterocycles. The predicted molar refractivity (Wildman–Crippen MR) is 58.3 cm³/mol. The van der Waals surface area contributed by atoms with E-state index in [1.807, 2.05) is 6.92 Å². The first-order valence-corrected chi connectivity index (χ1v) is 5.90. The fourth-order valence-corrected chi connectivity index (χ4v) is 2.30. The number of rotatable bonds is 5. The van der Waals surface area contributed by atoms with Gasteiger partial charge in [-0.15, -0.1) is 0 Å². The molecule has 1 aliphatic rings. The topological polar surface area (TPSA) is 29.5 Å². The average Bonchev–Trinajstić information content (AvgIpc) is 2.54. The van der Waals surface area contributed by atoms with E-state index in [2.05, 4.69) is 13.8 Å². The van der Waals surface area contributed by atoms with Gasteiger partial charge in [0.05, 0.1) is 11.7 Å². The number of hydrogen-bond donors (Lipinski definition) is 1. The van der Waals surface area contributed by atoms with Crippen molar-refractivity contribution in [2.24, 2.45) is 5.92 Å². The van der Waals surface area contributed by atoms with Gasteiger partial charge in [0.1, 0.15) is 0 Å². The highest BCUT2D eigenvalue weighted by Gasteiger charge is 2.37. The Balaban J connectivity index is 2.36. The molecule has 0 aromatic rings. The van der Waals surface area contributed by atoms with Crippen LogP contribution in [0.25, 0.3) is 0 Å². The van der Waals surface area contributed by atoms with Crippen LogP contribution < -0.4 is 0 Å². The summed E-state index contributed by atoms with van der Waals surface area (Å²) in [5.41, 5.74) is -0.262. The molecule has 0 aromatic carbocycles. The van der Waals surface area contributed by atoms with E-state index in [1.165, 1.54) is 12.8 Å². The van der Waals surface area contributed by atoms with Crippen molar-refractivity contribution in [3.8, 4) is 0 Å². The number of aliphatic hydroxyl groups excluding tert-OH is 1. The van der Waals surface area contributed by atoms with Crippen molar-refractivity contribution < 1.29 is 9.84 Å². The summed E-state index contributed by atoms with van der Waals surface area (Å²) in [7, 11) is 0. The molecule has 0 saturated carbocycles. The third-order valence-electron chi connectivity index (χ3n) is 3.36. The van der Waals surface area contributed by atoms with Crippen LogP contribution >= 0.6 is 0 Å². The Morgan fingerprint density at radius 2 is 2.21 bits per heavy atom. The van der Waals surface area contributed by atoms with E-state index in [1.54, 1.807) is 0 Å². The zero-order chi connectivity index (χ0) is 10.6. The monoisotopic (exact) mass is 200 g/mol. The summed E-state index contributed by atoms with van der Waals surface area (Å²) >= 11 is 0. The minimum absolute atomic E-state index is 0.262. The number of hydrogen-bond acceptors (Lipinski definition) is 2. The Kier molecular flexibility index (Phi) is 4.39. The van der Waals surface area contributed by atoms with Crippen LogP contribution in [0.15, 0.2) is 0 Å². The van der Waals surface area contributed by atoms with Gasteiger partial charge in [0.2, 0.25) is 0 Å². The molecule has 3 unspecified atom stereocenters. The van der Waals surface area contributed by atoms with Crippen molar-refractivity contribution in [1.82, 2.24) is 0 Å². The number of aliphatic hydroxyl groups is 1. The molecule has 1 N–H and O–H groups in total. The molecule has 0 amide bonds. The van der Waals surface area contributed by atoms with Crippen molar-refractivity contribution in [2.75, 3.05) is 6.61 Å². The van der Waals surface area contributed by atoms with Gasteiger partial charge in [-0.05, 0) is 32.1 Å². The maximum atomic E-state index is 10.1. The van der Waals surface area contributed by atoms with Crippen LogP contribution in [0.4, 0.5) is 0 Å². The second-order valence-electron chi connectivity index (χ2n) is 4.91. The van der Waals surface area contributed by atoms with Gasteiger partial charge in [-0.3, -0.25) is 0 Å². The second-order valence-corrected chi connectivity index (χ2v) is 4.91. The van der Waals surface area contributed by atoms with Crippen LogP contribution in [0, 0.1) is 5.92 Å². The quantitative estimate of drug-likeness (QED) is 0.739.